The third kappa shape index (κ3) is 10.6. The second-order valence-corrected chi connectivity index (χ2v) is 7.18. The van der Waals surface area contributed by atoms with Gasteiger partial charge in [0, 0.05) is 12.2 Å². The number of aliphatic carboxylic acids is 2. The van der Waals surface area contributed by atoms with Crippen LogP contribution in [0.3, 0.4) is 0 Å². The topological polar surface area (TPSA) is 217 Å². The molecule has 0 aromatic rings. The van der Waals surface area contributed by atoms with E-state index in [9.17, 15) is 28.8 Å². The van der Waals surface area contributed by atoms with Gasteiger partial charge in [0.25, 0.3) is 0 Å². The lowest BCUT2D eigenvalue weighted by Gasteiger charge is -2.22. The van der Waals surface area contributed by atoms with Crippen LogP contribution in [0.15, 0.2) is 0 Å². The lowest BCUT2D eigenvalue weighted by molar-refractivity contribution is -0.141. The molecule has 5 atom stereocenters. The van der Waals surface area contributed by atoms with E-state index in [2.05, 4.69) is 33.9 Å². The minimum absolute atomic E-state index is 0.107. The SMILES string of the molecule is C[C@H](NC(=O)[C@H](C)NC(=O)[C@@H](N)CCC(=O)O)C(=O)N[C@@H](C)C(=O)N[C@@H](CS)C(=O)O. The van der Waals surface area contributed by atoms with Crippen molar-refractivity contribution in [2.24, 2.45) is 5.73 Å². The van der Waals surface area contributed by atoms with Gasteiger partial charge in [-0.05, 0) is 27.2 Å². The molecule has 0 heterocycles. The van der Waals surface area contributed by atoms with E-state index in [1.807, 2.05) is 0 Å². The molecular formula is C17H29N5O8S. The first kappa shape index (κ1) is 28.1. The van der Waals surface area contributed by atoms with Crippen molar-refractivity contribution >= 4 is 48.2 Å². The first-order valence-electron chi connectivity index (χ1n) is 9.32. The Hall–Kier alpha value is -2.87. The van der Waals surface area contributed by atoms with Crippen LogP contribution < -0.4 is 27.0 Å². The van der Waals surface area contributed by atoms with Crippen molar-refractivity contribution in [2.45, 2.75) is 63.8 Å². The van der Waals surface area contributed by atoms with Gasteiger partial charge in [0.1, 0.15) is 24.2 Å². The summed E-state index contributed by atoms with van der Waals surface area (Å²) in [6, 6.07) is -5.57. The standard InChI is InChI=1S/C17H29N5O8S/c1-7(13(25)20-9(3)15(27)22-11(6-31)17(29)30)19-14(26)8(2)21-16(28)10(18)4-5-12(23)24/h7-11,31H,4-6,18H2,1-3H3,(H,19,26)(H,20,25)(H,21,28)(H,22,27)(H,23,24)(H,29,30)/t7-,8-,9-,10-,11-/m0/s1. The molecule has 0 aliphatic carbocycles. The molecule has 14 heteroatoms. The Kier molecular flexibility index (Phi) is 12.2. The third-order valence-electron chi connectivity index (χ3n) is 4.06. The predicted molar refractivity (Wildman–Crippen MR) is 111 cm³/mol. The van der Waals surface area contributed by atoms with E-state index < -0.39 is 65.8 Å². The van der Waals surface area contributed by atoms with Crippen molar-refractivity contribution in [3.8, 4) is 0 Å². The van der Waals surface area contributed by atoms with Gasteiger partial charge < -0.3 is 37.2 Å². The quantitative estimate of drug-likeness (QED) is 0.132. The number of carboxylic acids is 2. The molecule has 0 unspecified atom stereocenters. The van der Waals surface area contributed by atoms with Gasteiger partial charge in [0.15, 0.2) is 0 Å². The number of nitrogens with two attached hydrogens (primary N) is 1. The number of carbonyl (C=O) groups is 6. The molecule has 4 amide bonds. The second kappa shape index (κ2) is 13.4. The van der Waals surface area contributed by atoms with Crippen LogP contribution in [0.4, 0.5) is 0 Å². The van der Waals surface area contributed by atoms with Crippen molar-refractivity contribution < 1.29 is 39.0 Å². The number of nitrogens with one attached hydrogen (secondary N) is 4. The Labute approximate surface area is 184 Å². The van der Waals surface area contributed by atoms with Crippen molar-refractivity contribution in [3.05, 3.63) is 0 Å². The molecule has 0 aliphatic heterocycles. The number of carboxylic acid groups (broad SMARTS) is 2. The molecule has 0 saturated heterocycles. The summed E-state index contributed by atoms with van der Waals surface area (Å²) in [5, 5.41) is 26.7. The Morgan fingerprint density at radius 2 is 1.16 bits per heavy atom. The van der Waals surface area contributed by atoms with E-state index in [4.69, 9.17) is 15.9 Å². The summed E-state index contributed by atoms with van der Waals surface area (Å²) in [7, 11) is 0. The second-order valence-electron chi connectivity index (χ2n) is 6.81. The fourth-order valence-electron chi connectivity index (χ4n) is 2.09. The van der Waals surface area contributed by atoms with Gasteiger partial charge in [-0.25, -0.2) is 4.79 Å². The molecule has 0 saturated carbocycles. The normalized spacial score (nSPS) is 15.4. The van der Waals surface area contributed by atoms with Gasteiger partial charge >= 0.3 is 11.9 Å². The van der Waals surface area contributed by atoms with Crippen molar-refractivity contribution in [1.29, 1.82) is 0 Å². The zero-order chi connectivity index (χ0) is 24.3. The van der Waals surface area contributed by atoms with Crippen LogP contribution in [0, 0.1) is 0 Å². The number of carbonyl (C=O) groups excluding carboxylic acids is 4. The van der Waals surface area contributed by atoms with Crippen LogP contribution in [-0.2, 0) is 28.8 Å². The number of hydrogen-bond acceptors (Lipinski definition) is 8. The molecule has 176 valence electrons. The molecule has 0 aromatic heterocycles. The van der Waals surface area contributed by atoms with E-state index >= 15 is 0 Å². The maximum absolute atomic E-state index is 12.2. The number of hydrogen-bond donors (Lipinski definition) is 8. The molecular weight excluding hydrogens is 434 g/mol. The minimum atomic E-state index is -1.28. The molecule has 0 radical (unpaired) electrons. The van der Waals surface area contributed by atoms with Crippen molar-refractivity contribution in [3.63, 3.8) is 0 Å². The van der Waals surface area contributed by atoms with E-state index in [0.717, 1.165) is 0 Å². The zero-order valence-electron chi connectivity index (χ0n) is 17.4. The molecule has 31 heavy (non-hydrogen) atoms. The average molecular weight is 464 g/mol. The molecule has 0 spiro atoms. The minimum Gasteiger partial charge on any atom is -0.481 e. The summed E-state index contributed by atoms with van der Waals surface area (Å²) in [4.78, 5) is 69.7. The van der Waals surface area contributed by atoms with E-state index in [1.165, 1.54) is 20.8 Å². The van der Waals surface area contributed by atoms with Crippen LogP contribution in [0.25, 0.3) is 0 Å². The largest absolute Gasteiger partial charge is 0.481 e. The van der Waals surface area contributed by atoms with Crippen LogP contribution in [0.1, 0.15) is 33.6 Å². The van der Waals surface area contributed by atoms with E-state index in [0.29, 0.717) is 0 Å². The van der Waals surface area contributed by atoms with Gasteiger partial charge in [-0.15, -0.1) is 0 Å². The van der Waals surface area contributed by atoms with Gasteiger partial charge in [-0.1, -0.05) is 0 Å². The van der Waals surface area contributed by atoms with Gasteiger partial charge in [-0.2, -0.15) is 12.6 Å². The maximum atomic E-state index is 12.2. The summed E-state index contributed by atoms with van der Waals surface area (Å²) in [5.74, 6) is -5.42. The number of rotatable bonds is 13. The smallest absolute Gasteiger partial charge is 0.327 e. The molecule has 0 aromatic carbocycles. The highest BCUT2D eigenvalue weighted by Crippen LogP contribution is 1.97. The first-order chi connectivity index (χ1) is 14.3. The summed E-state index contributed by atoms with van der Waals surface area (Å²) in [6.07, 6.45) is -0.413. The summed E-state index contributed by atoms with van der Waals surface area (Å²) < 4.78 is 0. The molecule has 0 aliphatic rings. The molecule has 0 bridgehead atoms. The van der Waals surface area contributed by atoms with E-state index in [1.54, 1.807) is 0 Å². The van der Waals surface area contributed by atoms with Gasteiger partial charge in [0.05, 0.1) is 6.04 Å². The Morgan fingerprint density at radius 1 is 0.774 bits per heavy atom. The predicted octanol–water partition coefficient (Wildman–Crippen LogP) is -2.81. The third-order valence-corrected chi connectivity index (χ3v) is 4.42. The zero-order valence-corrected chi connectivity index (χ0v) is 18.3. The highest BCUT2D eigenvalue weighted by Gasteiger charge is 2.26. The summed E-state index contributed by atoms with van der Waals surface area (Å²) in [6.45, 7) is 4.03. The lowest BCUT2D eigenvalue weighted by atomic mass is 10.1. The molecule has 0 fully saturated rings. The Morgan fingerprint density at radius 3 is 1.52 bits per heavy atom. The maximum Gasteiger partial charge on any atom is 0.327 e. The lowest BCUT2D eigenvalue weighted by Crippen LogP contribution is -2.56. The van der Waals surface area contributed by atoms with Crippen LogP contribution in [0.5, 0.6) is 0 Å². The molecule has 8 N–H and O–H groups in total. The average Bonchev–Trinajstić information content (AvgIpc) is 2.68. The van der Waals surface area contributed by atoms with Crippen LogP contribution in [0.2, 0.25) is 0 Å². The molecule has 0 rings (SSSR count). The fraction of sp³-hybridized carbons (Fsp3) is 0.647. The van der Waals surface area contributed by atoms with Crippen LogP contribution >= 0.6 is 12.6 Å². The van der Waals surface area contributed by atoms with E-state index in [-0.39, 0.29) is 18.6 Å². The van der Waals surface area contributed by atoms with Crippen molar-refractivity contribution in [2.75, 3.05) is 5.75 Å². The highest BCUT2D eigenvalue weighted by molar-refractivity contribution is 7.80. The number of amides is 4. The highest BCUT2D eigenvalue weighted by atomic mass is 32.1. The van der Waals surface area contributed by atoms with Gasteiger partial charge in [-0.3, -0.25) is 24.0 Å². The Balaban J connectivity index is 4.62. The van der Waals surface area contributed by atoms with Crippen LogP contribution in [-0.4, -0.2) is 81.7 Å². The summed E-state index contributed by atoms with van der Waals surface area (Å²) in [5.41, 5.74) is 5.56. The molecule has 13 nitrogen and oxygen atoms in total. The Bertz CT molecular complexity index is 704. The van der Waals surface area contributed by atoms with Gasteiger partial charge in [0.2, 0.25) is 23.6 Å². The summed E-state index contributed by atoms with van der Waals surface area (Å²) >= 11 is 3.82. The van der Waals surface area contributed by atoms with Crippen molar-refractivity contribution in [1.82, 2.24) is 21.3 Å². The number of thiol groups is 1. The first-order valence-corrected chi connectivity index (χ1v) is 9.95. The monoisotopic (exact) mass is 463 g/mol. The fourth-order valence-corrected chi connectivity index (χ4v) is 2.33.